The quantitative estimate of drug-likeness (QED) is 0.352. The molecule has 5 nitrogen and oxygen atoms in total. The van der Waals surface area contributed by atoms with Crippen molar-refractivity contribution in [3.05, 3.63) is 29.8 Å². The Balaban J connectivity index is 0.00000484. The third-order valence-corrected chi connectivity index (χ3v) is 3.28. The van der Waals surface area contributed by atoms with Crippen molar-refractivity contribution in [3.63, 3.8) is 0 Å². The molecule has 1 amide bonds. The van der Waals surface area contributed by atoms with E-state index in [1.165, 1.54) is 12.5 Å². The molecule has 0 saturated heterocycles. The van der Waals surface area contributed by atoms with E-state index >= 15 is 0 Å². The Labute approximate surface area is 156 Å². The molecule has 0 spiro atoms. The van der Waals surface area contributed by atoms with E-state index in [4.69, 9.17) is 0 Å². The van der Waals surface area contributed by atoms with Crippen molar-refractivity contribution in [2.24, 2.45) is 4.99 Å². The predicted molar refractivity (Wildman–Crippen MR) is 109 cm³/mol. The van der Waals surface area contributed by atoms with Crippen molar-refractivity contribution in [2.75, 3.05) is 18.4 Å². The minimum Gasteiger partial charge on any atom is -0.357 e. The highest BCUT2D eigenvalue weighted by molar-refractivity contribution is 14.0. The van der Waals surface area contributed by atoms with E-state index in [1.54, 1.807) is 0 Å². The summed E-state index contributed by atoms with van der Waals surface area (Å²) in [5, 5.41) is 9.40. The third kappa shape index (κ3) is 9.43. The summed E-state index contributed by atoms with van der Waals surface area (Å²) in [6, 6.07) is 8.30. The molecule has 23 heavy (non-hydrogen) atoms. The highest BCUT2D eigenvalue weighted by Crippen LogP contribution is 2.10. The van der Waals surface area contributed by atoms with E-state index in [-0.39, 0.29) is 29.9 Å². The largest absolute Gasteiger partial charge is 0.357 e. The molecule has 0 aliphatic rings. The van der Waals surface area contributed by atoms with Crippen LogP contribution in [-0.4, -0.2) is 31.0 Å². The van der Waals surface area contributed by atoms with Crippen LogP contribution in [0.2, 0.25) is 0 Å². The van der Waals surface area contributed by atoms with E-state index in [9.17, 15) is 4.79 Å². The van der Waals surface area contributed by atoms with Gasteiger partial charge in [-0.25, -0.2) is 0 Å². The number of carbonyl (C=O) groups excluding carboxylic acids is 1. The zero-order valence-corrected chi connectivity index (χ0v) is 16.8. The number of nitrogens with zero attached hydrogens (tertiary/aromatic N) is 1. The summed E-state index contributed by atoms with van der Waals surface area (Å²) in [5.41, 5.74) is 2.03. The molecule has 0 aliphatic carbocycles. The molecule has 130 valence electrons. The van der Waals surface area contributed by atoms with E-state index in [0.717, 1.165) is 37.6 Å². The van der Waals surface area contributed by atoms with Crippen LogP contribution < -0.4 is 16.0 Å². The topological polar surface area (TPSA) is 65.5 Å². The van der Waals surface area contributed by atoms with Gasteiger partial charge in [0, 0.05) is 31.7 Å². The van der Waals surface area contributed by atoms with Gasteiger partial charge in [-0.2, -0.15) is 0 Å². The number of nitrogens with one attached hydrogen (secondary N) is 3. The Kier molecular flexibility index (Phi) is 11.5. The number of benzene rings is 1. The molecule has 1 aromatic carbocycles. The Hall–Kier alpha value is -1.31. The molecule has 0 bridgehead atoms. The Morgan fingerprint density at radius 1 is 1.22 bits per heavy atom. The molecule has 0 saturated carbocycles. The molecular weight excluding hydrogens is 403 g/mol. The van der Waals surface area contributed by atoms with Gasteiger partial charge in [0.2, 0.25) is 5.91 Å². The smallest absolute Gasteiger partial charge is 0.221 e. The molecular formula is C17H29IN4O. The van der Waals surface area contributed by atoms with Gasteiger partial charge >= 0.3 is 0 Å². The third-order valence-electron chi connectivity index (χ3n) is 3.28. The lowest BCUT2D eigenvalue weighted by atomic mass is 10.1. The van der Waals surface area contributed by atoms with E-state index in [1.807, 2.05) is 24.3 Å². The van der Waals surface area contributed by atoms with Gasteiger partial charge in [0.15, 0.2) is 5.96 Å². The molecule has 0 heterocycles. The number of amides is 1. The second-order valence-electron chi connectivity index (χ2n) is 5.34. The van der Waals surface area contributed by atoms with Crippen molar-refractivity contribution in [3.8, 4) is 0 Å². The van der Waals surface area contributed by atoms with Crippen LogP contribution >= 0.6 is 24.0 Å². The number of hydrogen-bond acceptors (Lipinski definition) is 2. The number of halogens is 1. The zero-order valence-electron chi connectivity index (χ0n) is 14.5. The van der Waals surface area contributed by atoms with Crippen LogP contribution in [-0.2, 0) is 11.2 Å². The first-order valence-corrected chi connectivity index (χ1v) is 7.96. The first kappa shape index (κ1) is 21.7. The van der Waals surface area contributed by atoms with Crippen LogP contribution in [0.3, 0.4) is 0 Å². The van der Waals surface area contributed by atoms with E-state index < -0.39 is 0 Å². The summed E-state index contributed by atoms with van der Waals surface area (Å²) in [5.74, 6) is 0.815. The Morgan fingerprint density at radius 2 is 1.87 bits per heavy atom. The first-order valence-electron chi connectivity index (χ1n) is 7.96. The number of carbonyl (C=O) groups is 1. The molecule has 3 N–H and O–H groups in total. The van der Waals surface area contributed by atoms with E-state index in [0.29, 0.717) is 6.04 Å². The summed E-state index contributed by atoms with van der Waals surface area (Å²) in [7, 11) is 0. The monoisotopic (exact) mass is 432 g/mol. The summed E-state index contributed by atoms with van der Waals surface area (Å²) < 4.78 is 0. The van der Waals surface area contributed by atoms with Crippen molar-refractivity contribution in [2.45, 2.75) is 46.6 Å². The second kappa shape index (κ2) is 12.2. The molecule has 0 aliphatic heterocycles. The van der Waals surface area contributed by atoms with Crippen molar-refractivity contribution in [1.29, 1.82) is 0 Å². The summed E-state index contributed by atoms with van der Waals surface area (Å²) in [6.45, 7) is 9.45. The maximum Gasteiger partial charge on any atom is 0.221 e. The van der Waals surface area contributed by atoms with Gasteiger partial charge in [0.05, 0.1) is 0 Å². The highest BCUT2D eigenvalue weighted by atomic mass is 127. The first-order chi connectivity index (χ1) is 10.5. The van der Waals surface area contributed by atoms with Gasteiger partial charge in [-0.1, -0.05) is 19.1 Å². The lowest BCUT2D eigenvalue weighted by Crippen LogP contribution is -2.42. The van der Waals surface area contributed by atoms with Gasteiger partial charge in [-0.05, 0) is 44.4 Å². The summed E-state index contributed by atoms with van der Waals surface area (Å²) in [6.07, 6.45) is 1.94. The average molecular weight is 432 g/mol. The average Bonchev–Trinajstić information content (AvgIpc) is 2.48. The minimum atomic E-state index is -0.0521. The van der Waals surface area contributed by atoms with Gasteiger partial charge in [-0.15, -0.1) is 24.0 Å². The molecule has 1 unspecified atom stereocenters. The minimum absolute atomic E-state index is 0. The predicted octanol–water partition coefficient (Wildman–Crippen LogP) is 3.16. The number of aliphatic imine (C=N–C) groups is 1. The lowest BCUT2D eigenvalue weighted by molar-refractivity contribution is -0.114. The molecule has 0 radical (unpaired) electrons. The standard InChI is InChI=1S/C17H28N4O.HI/c1-5-13(3)20-17(18-6-2)19-12-11-15-7-9-16(10-8-15)21-14(4)22;/h7-10,13H,5-6,11-12H2,1-4H3,(H,21,22)(H2,18,19,20);1H. The molecule has 6 heteroatoms. The Bertz CT molecular complexity index is 488. The molecule has 1 rings (SSSR count). The summed E-state index contributed by atoms with van der Waals surface area (Å²) in [4.78, 5) is 15.6. The maximum atomic E-state index is 11.0. The van der Waals surface area contributed by atoms with Crippen LogP contribution in [0.1, 0.15) is 39.7 Å². The highest BCUT2D eigenvalue weighted by Gasteiger charge is 2.02. The molecule has 0 fully saturated rings. The second-order valence-corrected chi connectivity index (χ2v) is 5.34. The molecule has 1 atom stereocenters. The van der Waals surface area contributed by atoms with Crippen LogP contribution in [0.25, 0.3) is 0 Å². The van der Waals surface area contributed by atoms with Crippen LogP contribution in [0.15, 0.2) is 29.3 Å². The maximum absolute atomic E-state index is 11.0. The molecule has 1 aromatic rings. The van der Waals surface area contributed by atoms with Gasteiger partial charge in [0.1, 0.15) is 0 Å². The SMILES string of the molecule is CCNC(=NCCc1ccc(NC(C)=O)cc1)NC(C)CC.I. The van der Waals surface area contributed by atoms with Crippen LogP contribution in [0, 0.1) is 0 Å². The number of guanidine groups is 1. The van der Waals surface area contributed by atoms with Crippen molar-refractivity contribution in [1.82, 2.24) is 10.6 Å². The van der Waals surface area contributed by atoms with Crippen LogP contribution in [0.4, 0.5) is 5.69 Å². The van der Waals surface area contributed by atoms with Crippen molar-refractivity contribution < 1.29 is 4.79 Å². The number of rotatable bonds is 7. The number of hydrogen-bond donors (Lipinski definition) is 3. The number of anilines is 1. The fourth-order valence-corrected chi connectivity index (χ4v) is 1.91. The van der Waals surface area contributed by atoms with Crippen molar-refractivity contribution >= 4 is 41.5 Å². The van der Waals surface area contributed by atoms with Gasteiger partial charge < -0.3 is 16.0 Å². The normalized spacial score (nSPS) is 12.1. The van der Waals surface area contributed by atoms with E-state index in [2.05, 4.69) is 41.7 Å². The molecule has 0 aromatic heterocycles. The zero-order chi connectivity index (χ0) is 16.4. The van der Waals surface area contributed by atoms with Gasteiger partial charge in [0.25, 0.3) is 0 Å². The fraction of sp³-hybridized carbons (Fsp3) is 0.529. The van der Waals surface area contributed by atoms with Crippen LogP contribution in [0.5, 0.6) is 0 Å². The van der Waals surface area contributed by atoms with Gasteiger partial charge in [-0.3, -0.25) is 9.79 Å². The lowest BCUT2D eigenvalue weighted by Gasteiger charge is -2.16. The fourth-order valence-electron chi connectivity index (χ4n) is 1.91. The Morgan fingerprint density at radius 3 is 2.39 bits per heavy atom. The summed E-state index contributed by atoms with van der Waals surface area (Å²) >= 11 is 0.